The fraction of sp³-hybridized carbons (Fsp3) is 0.0435. The van der Waals surface area contributed by atoms with E-state index in [-0.39, 0.29) is 17.9 Å². The van der Waals surface area contributed by atoms with Crippen molar-refractivity contribution in [2.24, 2.45) is 0 Å². The van der Waals surface area contributed by atoms with Gasteiger partial charge in [-0.15, -0.1) is 5.10 Å². The van der Waals surface area contributed by atoms with Crippen LogP contribution in [-0.4, -0.2) is 25.7 Å². The van der Waals surface area contributed by atoms with Gasteiger partial charge >= 0.3 is 0 Å². The van der Waals surface area contributed by atoms with Crippen LogP contribution < -0.4 is 10.6 Å². The van der Waals surface area contributed by atoms with Crippen LogP contribution >= 0.6 is 11.6 Å². The minimum absolute atomic E-state index is 0.207. The van der Waals surface area contributed by atoms with Crippen molar-refractivity contribution in [3.63, 3.8) is 0 Å². The Morgan fingerprint density at radius 1 is 1.03 bits per heavy atom. The van der Waals surface area contributed by atoms with Crippen LogP contribution in [0, 0.1) is 0 Å². The molecule has 0 bridgehead atoms. The molecule has 1 aliphatic rings. The molecule has 1 atom stereocenters. The molecule has 2 aromatic heterocycles. The van der Waals surface area contributed by atoms with Crippen molar-refractivity contribution < 1.29 is 4.79 Å². The topological polar surface area (TPSA) is 84.7 Å². The molecular weight excluding hydrogens is 412 g/mol. The summed E-state index contributed by atoms with van der Waals surface area (Å²) in [6, 6.07) is 20.7. The zero-order valence-electron chi connectivity index (χ0n) is 16.2. The van der Waals surface area contributed by atoms with Crippen molar-refractivity contribution >= 4 is 35.1 Å². The number of pyridine rings is 1. The van der Waals surface area contributed by atoms with E-state index in [0.717, 1.165) is 16.8 Å². The molecule has 5 rings (SSSR count). The average molecular weight is 429 g/mol. The lowest BCUT2D eigenvalue weighted by molar-refractivity contribution is 0.102. The average Bonchev–Trinajstić information content (AvgIpc) is 3.22. The molecule has 0 spiro atoms. The molecule has 0 saturated carbocycles. The number of fused-ring (bicyclic) bond motifs is 1. The number of hydrogen-bond acceptors (Lipinski definition) is 5. The third-order valence-corrected chi connectivity index (χ3v) is 5.16. The van der Waals surface area contributed by atoms with E-state index in [9.17, 15) is 4.79 Å². The zero-order chi connectivity index (χ0) is 21.2. The summed E-state index contributed by atoms with van der Waals surface area (Å²) in [6.07, 6.45) is 5.18. The first-order valence-corrected chi connectivity index (χ1v) is 10.0. The van der Waals surface area contributed by atoms with Gasteiger partial charge in [0.2, 0.25) is 5.95 Å². The standard InChI is InChI=1S/C23H17ClN6O/c24-18-10-8-16(9-11-18)20-13-19(15-5-2-1-3-6-15)26-23-28-22(29-30(20)23)27-21(31)17-7-4-12-25-14-17/h1-14,20H,(H2,26,27,28,29,31)/t20-/m1/s1. The molecule has 2 aromatic carbocycles. The van der Waals surface area contributed by atoms with Gasteiger partial charge in [0.1, 0.15) is 6.04 Å². The highest BCUT2D eigenvalue weighted by atomic mass is 35.5. The molecule has 1 aliphatic heterocycles. The lowest BCUT2D eigenvalue weighted by Crippen LogP contribution is -2.20. The Labute approximate surface area is 183 Å². The molecular formula is C23H17ClN6O. The summed E-state index contributed by atoms with van der Waals surface area (Å²) in [6.45, 7) is 0. The minimum Gasteiger partial charge on any atom is -0.324 e. The molecule has 0 unspecified atom stereocenters. The second kappa shape index (κ2) is 8.04. The SMILES string of the molecule is O=C(Nc1nc2n(n1)[C@@H](c1ccc(Cl)cc1)C=C(c1ccccc1)N2)c1cccnc1. The Morgan fingerprint density at radius 3 is 2.58 bits per heavy atom. The quantitative estimate of drug-likeness (QED) is 0.495. The van der Waals surface area contributed by atoms with E-state index >= 15 is 0 Å². The zero-order valence-corrected chi connectivity index (χ0v) is 17.0. The summed E-state index contributed by atoms with van der Waals surface area (Å²) in [5, 5.41) is 11.3. The first-order valence-electron chi connectivity index (χ1n) is 9.65. The van der Waals surface area contributed by atoms with Crippen LogP contribution in [0.3, 0.4) is 0 Å². The number of aromatic nitrogens is 4. The van der Waals surface area contributed by atoms with Crippen LogP contribution in [0.25, 0.3) is 5.70 Å². The monoisotopic (exact) mass is 428 g/mol. The summed E-state index contributed by atoms with van der Waals surface area (Å²) in [4.78, 5) is 21.0. The van der Waals surface area contributed by atoms with Gasteiger partial charge in [-0.1, -0.05) is 54.1 Å². The summed E-state index contributed by atoms with van der Waals surface area (Å²) >= 11 is 6.08. The third-order valence-electron chi connectivity index (χ3n) is 4.91. The molecule has 7 nitrogen and oxygen atoms in total. The Morgan fingerprint density at radius 2 is 1.84 bits per heavy atom. The molecule has 3 heterocycles. The molecule has 1 amide bonds. The second-order valence-corrected chi connectivity index (χ2v) is 7.40. The number of carbonyl (C=O) groups excluding carboxylic acids is 1. The number of nitrogens with one attached hydrogen (secondary N) is 2. The Bertz CT molecular complexity index is 1250. The number of hydrogen-bond donors (Lipinski definition) is 2. The van der Waals surface area contributed by atoms with Gasteiger partial charge in [-0.25, -0.2) is 4.68 Å². The maximum atomic E-state index is 12.5. The second-order valence-electron chi connectivity index (χ2n) is 6.97. The normalized spacial score (nSPS) is 14.9. The van der Waals surface area contributed by atoms with Gasteiger partial charge in [0.15, 0.2) is 0 Å². The fourth-order valence-electron chi connectivity index (χ4n) is 3.40. The van der Waals surface area contributed by atoms with E-state index in [4.69, 9.17) is 11.6 Å². The molecule has 0 aliphatic carbocycles. The molecule has 0 fully saturated rings. The van der Waals surface area contributed by atoms with E-state index in [1.807, 2.05) is 54.6 Å². The van der Waals surface area contributed by atoms with Gasteiger partial charge in [-0.05, 0) is 41.5 Å². The maximum Gasteiger partial charge on any atom is 0.259 e. The van der Waals surface area contributed by atoms with Crippen molar-refractivity contribution in [3.05, 3.63) is 107 Å². The van der Waals surface area contributed by atoms with Crippen LogP contribution in [0.15, 0.2) is 85.2 Å². The van der Waals surface area contributed by atoms with Gasteiger partial charge in [0.25, 0.3) is 11.9 Å². The minimum atomic E-state index is -0.324. The summed E-state index contributed by atoms with van der Waals surface area (Å²) in [5.41, 5.74) is 3.36. The van der Waals surface area contributed by atoms with E-state index in [2.05, 4.69) is 31.8 Å². The van der Waals surface area contributed by atoms with Crippen LogP contribution in [0.2, 0.25) is 5.02 Å². The van der Waals surface area contributed by atoms with Gasteiger partial charge in [-0.2, -0.15) is 4.98 Å². The van der Waals surface area contributed by atoms with Gasteiger partial charge in [0.05, 0.1) is 5.56 Å². The van der Waals surface area contributed by atoms with Crippen LogP contribution in [-0.2, 0) is 0 Å². The lowest BCUT2D eigenvalue weighted by atomic mass is 10.0. The lowest BCUT2D eigenvalue weighted by Gasteiger charge is -2.24. The van der Waals surface area contributed by atoms with Crippen molar-refractivity contribution in [1.29, 1.82) is 0 Å². The number of nitrogens with zero attached hydrogens (tertiary/aromatic N) is 4. The highest BCUT2D eigenvalue weighted by molar-refractivity contribution is 6.30. The highest BCUT2D eigenvalue weighted by Crippen LogP contribution is 2.33. The predicted octanol–water partition coefficient (Wildman–Crippen LogP) is 4.63. The Kier molecular flexibility index (Phi) is 4.93. The number of anilines is 2. The first-order chi connectivity index (χ1) is 15.2. The Hall–Kier alpha value is -3.97. The van der Waals surface area contributed by atoms with E-state index in [0.29, 0.717) is 16.5 Å². The molecule has 0 saturated heterocycles. The predicted molar refractivity (Wildman–Crippen MR) is 120 cm³/mol. The highest BCUT2D eigenvalue weighted by Gasteiger charge is 2.26. The van der Waals surface area contributed by atoms with E-state index < -0.39 is 0 Å². The number of carbonyl (C=O) groups is 1. The molecule has 4 aromatic rings. The van der Waals surface area contributed by atoms with Crippen molar-refractivity contribution in [2.45, 2.75) is 6.04 Å². The van der Waals surface area contributed by atoms with E-state index in [1.54, 1.807) is 23.0 Å². The van der Waals surface area contributed by atoms with Crippen molar-refractivity contribution in [1.82, 2.24) is 19.7 Å². The largest absolute Gasteiger partial charge is 0.324 e. The molecule has 152 valence electrons. The number of benzene rings is 2. The Balaban J connectivity index is 1.51. The summed E-state index contributed by atoms with van der Waals surface area (Å²) in [5.74, 6) is 0.413. The van der Waals surface area contributed by atoms with Gasteiger partial charge in [0, 0.05) is 23.1 Å². The number of rotatable bonds is 4. The number of allylic oxidation sites excluding steroid dienone is 1. The van der Waals surface area contributed by atoms with Gasteiger partial charge < -0.3 is 5.32 Å². The summed E-state index contributed by atoms with van der Waals surface area (Å²) < 4.78 is 1.74. The first kappa shape index (κ1) is 19.0. The fourth-order valence-corrected chi connectivity index (χ4v) is 3.53. The van der Waals surface area contributed by atoms with Crippen LogP contribution in [0.4, 0.5) is 11.9 Å². The number of halogens is 1. The molecule has 31 heavy (non-hydrogen) atoms. The third kappa shape index (κ3) is 3.91. The van der Waals surface area contributed by atoms with E-state index in [1.165, 1.54) is 6.20 Å². The van der Waals surface area contributed by atoms with Crippen molar-refractivity contribution in [2.75, 3.05) is 10.6 Å². The number of amides is 1. The van der Waals surface area contributed by atoms with Crippen LogP contribution in [0.1, 0.15) is 27.5 Å². The van der Waals surface area contributed by atoms with Crippen molar-refractivity contribution in [3.8, 4) is 0 Å². The van der Waals surface area contributed by atoms with Gasteiger partial charge in [-0.3, -0.25) is 15.1 Å². The molecule has 8 heteroatoms. The molecule has 0 radical (unpaired) electrons. The summed E-state index contributed by atoms with van der Waals surface area (Å²) in [7, 11) is 0. The smallest absolute Gasteiger partial charge is 0.259 e. The van der Waals surface area contributed by atoms with Crippen LogP contribution in [0.5, 0.6) is 0 Å². The maximum absolute atomic E-state index is 12.5. The molecule has 2 N–H and O–H groups in total.